The van der Waals surface area contributed by atoms with Crippen molar-refractivity contribution in [2.24, 2.45) is 17.1 Å². The highest BCUT2D eigenvalue weighted by Crippen LogP contribution is 2.39. The molecule has 0 aliphatic heterocycles. The fourth-order valence-corrected chi connectivity index (χ4v) is 2.85. The number of carbonyl (C=O) groups is 1. The Hall–Kier alpha value is -1.39. The van der Waals surface area contributed by atoms with Gasteiger partial charge in [0.25, 0.3) is 0 Å². The highest BCUT2D eigenvalue weighted by atomic mass is 16.3. The first kappa shape index (κ1) is 15.0. The van der Waals surface area contributed by atoms with E-state index in [1.807, 2.05) is 18.2 Å². The fourth-order valence-electron chi connectivity index (χ4n) is 2.85. The summed E-state index contributed by atoms with van der Waals surface area (Å²) in [4.78, 5) is 12.6. The molecular formula is C16H24N2O2. The SMILES string of the molecule is CC1CCC(CN)(C(=O)Nc2cccc(CO)c2)CC1. The van der Waals surface area contributed by atoms with Crippen molar-refractivity contribution >= 4 is 11.6 Å². The van der Waals surface area contributed by atoms with Crippen molar-refractivity contribution in [2.75, 3.05) is 11.9 Å². The van der Waals surface area contributed by atoms with Crippen LogP contribution in [0.2, 0.25) is 0 Å². The first-order valence-corrected chi connectivity index (χ1v) is 7.31. The first-order valence-electron chi connectivity index (χ1n) is 7.31. The molecule has 4 nitrogen and oxygen atoms in total. The van der Waals surface area contributed by atoms with Crippen LogP contribution in [0.3, 0.4) is 0 Å². The molecule has 110 valence electrons. The Balaban J connectivity index is 2.09. The number of anilines is 1. The van der Waals surface area contributed by atoms with Gasteiger partial charge in [0.05, 0.1) is 12.0 Å². The summed E-state index contributed by atoms with van der Waals surface area (Å²) < 4.78 is 0. The number of benzene rings is 1. The quantitative estimate of drug-likeness (QED) is 0.789. The molecule has 0 saturated heterocycles. The minimum Gasteiger partial charge on any atom is -0.392 e. The Kier molecular flexibility index (Phi) is 4.78. The summed E-state index contributed by atoms with van der Waals surface area (Å²) in [5.74, 6) is 0.696. The molecule has 1 aliphatic rings. The summed E-state index contributed by atoms with van der Waals surface area (Å²) in [6.07, 6.45) is 3.83. The van der Waals surface area contributed by atoms with Gasteiger partial charge in [-0.05, 0) is 49.3 Å². The molecule has 4 N–H and O–H groups in total. The van der Waals surface area contributed by atoms with Crippen LogP contribution in [0.4, 0.5) is 5.69 Å². The molecule has 0 spiro atoms. The standard InChI is InChI=1S/C16H24N2O2/c1-12-5-7-16(11-17,8-6-12)15(20)18-14-4-2-3-13(9-14)10-19/h2-4,9,12,19H,5-8,10-11,17H2,1H3,(H,18,20). The van der Waals surface area contributed by atoms with Gasteiger partial charge in [0.1, 0.15) is 0 Å². The van der Waals surface area contributed by atoms with E-state index in [0.717, 1.165) is 36.9 Å². The maximum absolute atomic E-state index is 12.6. The van der Waals surface area contributed by atoms with Crippen LogP contribution in [-0.2, 0) is 11.4 Å². The molecule has 0 atom stereocenters. The van der Waals surface area contributed by atoms with Gasteiger partial charge >= 0.3 is 0 Å². The van der Waals surface area contributed by atoms with E-state index < -0.39 is 5.41 Å². The number of nitrogens with one attached hydrogen (secondary N) is 1. The summed E-state index contributed by atoms with van der Waals surface area (Å²) in [5.41, 5.74) is 6.99. The molecule has 0 unspecified atom stereocenters. The van der Waals surface area contributed by atoms with Gasteiger partial charge in [0.15, 0.2) is 0 Å². The average Bonchev–Trinajstić information content (AvgIpc) is 2.48. The molecule has 1 fully saturated rings. The summed E-state index contributed by atoms with van der Waals surface area (Å²) in [6, 6.07) is 7.30. The second kappa shape index (κ2) is 6.37. The van der Waals surface area contributed by atoms with Crippen molar-refractivity contribution in [1.29, 1.82) is 0 Å². The predicted molar refractivity (Wildman–Crippen MR) is 80.1 cm³/mol. The van der Waals surface area contributed by atoms with Crippen molar-refractivity contribution in [3.8, 4) is 0 Å². The van der Waals surface area contributed by atoms with Crippen molar-refractivity contribution in [3.63, 3.8) is 0 Å². The number of amides is 1. The van der Waals surface area contributed by atoms with Crippen LogP contribution in [0, 0.1) is 11.3 Å². The Bertz CT molecular complexity index is 465. The van der Waals surface area contributed by atoms with E-state index >= 15 is 0 Å². The number of nitrogens with two attached hydrogens (primary N) is 1. The number of aliphatic hydroxyl groups is 1. The maximum atomic E-state index is 12.6. The van der Waals surface area contributed by atoms with E-state index in [9.17, 15) is 4.79 Å². The smallest absolute Gasteiger partial charge is 0.231 e. The van der Waals surface area contributed by atoms with Crippen molar-refractivity contribution in [1.82, 2.24) is 0 Å². The Labute approximate surface area is 120 Å². The molecule has 1 amide bonds. The molecule has 1 aromatic rings. The zero-order valence-corrected chi connectivity index (χ0v) is 12.1. The van der Waals surface area contributed by atoms with Gasteiger partial charge < -0.3 is 16.2 Å². The predicted octanol–water partition coefficient (Wildman–Crippen LogP) is 2.27. The molecule has 0 radical (unpaired) electrons. The van der Waals surface area contributed by atoms with Crippen molar-refractivity contribution in [3.05, 3.63) is 29.8 Å². The van der Waals surface area contributed by atoms with Crippen LogP contribution >= 0.6 is 0 Å². The molecule has 2 rings (SSSR count). The lowest BCUT2D eigenvalue weighted by Crippen LogP contribution is -2.44. The number of rotatable bonds is 4. The molecule has 1 saturated carbocycles. The third-order valence-electron chi connectivity index (χ3n) is 4.47. The molecule has 0 aromatic heterocycles. The lowest BCUT2D eigenvalue weighted by atomic mass is 9.70. The van der Waals surface area contributed by atoms with Gasteiger partial charge in [-0.25, -0.2) is 0 Å². The lowest BCUT2D eigenvalue weighted by molar-refractivity contribution is -0.127. The second-order valence-electron chi connectivity index (χ2n) is 5.98. The highest BCUT2D eigenvalue weighted by molar-refractivity contribution is 5.95. The average molecular weight is 276 g/mol. The minimum absolute atomic E-state index is 0.0157. The molecular weight excluding hydrogens is 252 g/mol. The monoisotopic (exact) mass is 276 g/mol. The molecule has 0 heterocycles. The van der Waals surface area contributed by atoms with Crippen LogP contribution < -0.4 is 11.1 Å². The van der Waals surface area contributed by atoms with Gasteiger partial charge in [-0.2, -0.15) is 0 Å². The van der Waals surface area contributed by atoms with Crippen LogP contribution in [-0.4, -0.2) is 17.6 Å². The summed E-state index contributed by atoms with van der Waals surface area (Å²) >= 11 is 0. The van der Waals surface area contributed by atoms with Gasteiger partial charge in [0, 0.05) is 12.2 Å². The van der Waals surface area contributed by atoms with E-state index in [0.29, 0.717) is 12.5 Å². The van der Waals surface area contributed by atoms with Crippen molar-refractivity contribution < 1.29 is 9.90 Å². The second-order valence-corrected chi connectivity index (χ2v) is 5.98. The maximum Gasteiger partial charge on any atom is 0.231 e. The zero-order valence-electron chi connectivity index (χ0n) is 12.1. The molecule has 1 aromatic carbocycles. The van der Waals surface area contributed by atoms with Crippen LogP contribution in [0.25, 0.3) is 0 Å². The largest absolute Gasteiger partial charge is 0.392 e. The topological polar surface area (TPSA) is 75.4 Å². The van der Waals surface area contributed by atoms with E-state index in [4.69, 9.17) is 10.8 Å². The molecule has 4 heteroatoms. The zero-order chi connectivity index (χ0) is 14.6. The van der Waals surface area contributed by atoms with E-state index in [-0.39, 0.29) is 12.5 Å². The fraction of sp³-hybridized carbons (Fsp3) is 0.562. The van der Waals surface area contributed by atoms with Crippen LogP contribution in [0.5, 0.6) is 0 Å². The molecule has 1 aliphatic carbocycles. The Morgan fingerprint density at radius 3 is 2.75 bits per heavy atom. The Morgan fingerprint density at radius 1 is 1.45 bits per heavy atom. The minimum atomic E-state index is -0.429. The Morgan fingerprint density at radius 2 is 2.15 bits per heavy atom. The first-order chi connectivity index (χ1) is 9.59. The van der Waals surface area contributed by atoms with Gasteiger partial charge in [0.2, 0.25) is 5.91 Å². The number of carbonyl (C=O) groups excluding carboxylic acids is 1. The molecule has 20 heavy (non-hydrogen) atoms. The third-order valence-corrected chi connectivity index (χ3v) is 4.47. The van der Waals surface area contributed by atoms with Crippen LogP contribution in [0.15, 0.2) is 24.3 Å². The number of aliphatic hydroxyl groups excluding tert-OH is 1. The van der Waals surface area contributed by atoms with Gasteiger partial charge in [-0.1, -0.05) is 19.1 Å². The van der Waals surface area contributed by atoms with Gasteiger partial charge in [-0.15, -0.1) is 0 Å². The van der Waals surface area contributed by atoms with Gasteiger partial charge in [-0.3, -0.25) is 4.79 Å². The normalized spacial score (nSPS) is 26.2. The highest BCUT2D eigenvalue weighted by Gasteiger charge is 2.39. The van der Waals surface area contributed by atoms with E-state index in [1.54, 1.807) is 6.07 Å². The van der Waals surface area contributed by atoms with E-state index in [2.05, 4.69) is 12.2 Å². The third kappa shape index (κ3) is 3.19. The summed E-state index contributed by atoms with van der Waals surface area (Å²) in [6.45, 7) is 2.59. The van der Waals surface area contributed by atoms with Crippen molar-refractivity contribution in [2.45, 2.75) is 39.2 Å². The summed E-state index contributed by atoms with van der Waals surface area (Å²) in [5, 5.41) is 12.1. The summed E-state index contributed by atoms with van der Waals surface area (Å²) in [7, 11) is 0. The number of hydrogen-bond donors (Lipinski definition) is 3. The van der Waals surface area contributed by atoms with Crippen LogP contribution in [0.1, 0.15) is 38.2 Å². The van der Waals surface area contributed by atoms with E-state index in [1.165, 1.54) is 0 Å². The lowest BCUT2D eigenvalue weighted by Gasteiger charge is -2.37. The number of hydrogen-bond acceptors (Lipinski definition) is 3. The molecule has 0 bridgehead atoms.